The quantitative estimate of drug-likeness (QED) is 0.0171. The van der Waals surface area contributed by atoms with Crippen LogP contribution in [0.15, 0.2) is 59.7 Å². The predicted molar refractivity (Wildman–Crippen MR) is 265 cm³/mol. The third-order valence-electron chi connectivity index (χ3n) is 11.5. The monoisotopic (exact) mass is 1010 g/mol. The molecule has 6 amide bonds. The first-order valence-electron chi connectivity index (χ1n) is 23.7. The molecule has 2 aromatic carbocycles. The number of aromatic nitrogens is 1. The Morgan fingerprint density at radius 2 is 1.15 bits per heavy atom. The van der Waals surface area contributed by atoms with Crippen molar-refractivity contribution in [2.75, 3.05) is 19.6 Å². The molecule has 0 spiro atoms. The maximum atomic E-state index is 14.5. The lowest BCUT2D eigenvalue weighted by atomic mass is 10.0. The lowest BCUT2D eigenvalue weighted by Gasteiger charge is -2.28. The smallest absolute Gasteiger partial charge is 0.326 e. The summed E-state index contributed by atoms with van der Waals surface area (Å²) in [5.41, 5.74) is 29.8. The number of fused-ring (bicyclic) bond motifs is 1. The number of nitrogens with one attached hydrogen (secondary N) is 7. The number of aliphatic carboxylic acids is 2. The number of H-pyrrole nitrogens is 1. The van der Waals surface area contributed by atoms with E-state index in [1.54, 1.807) is 30.5 Å². The van der Waals surface area contributed by atoms with Gasteiger partial charge in [0, 0.05) is 42.9 Å². The van der Waals surface area contributed by atoms with E-state index in [0.29, 0.717) is 47.7 Å². The van der Waals surface area contributed by atoms with E-state index in [1.807, 2.05) is 0 Å². The van der Waals surface area contributed by atoms with Crippen LogP contribution in [0.25, 0.3) is 10.9 Å². The lowest BCUT2D eigenvalue weighted by molar-refractivity contribution is -0.142. The van der Waals surface area contributed by atoms with Crippen LogP contribution in [-0.2, 0) is 51.2 Å². The van der Waals surface area contributed by atoms with Crippen molar-refractivity contribution < 1.29 is 58.8 Å². The largest absolute Gasteiger partial charge is 0.508 e. The maximum absolute atomic E-state index is 14.5. The number of amides is 6. The zero-order chi connectivity index (χ0) is 53.3. The Balaban J connectivity index is 1.95. The molecule has 0 aliphatic rings. The minimum atomic E-state index is -1.63. The standard InChI is InChI=1S/C47H71N13O12/c1-26(61)39(60-40(65)31(50)10-8-22-53-47(51)52)45(70)59-37(24-28-25-54-32-11-3-2-9-30(28)32)44(69)55-33(12-4-6-20-48)41(66)56-34(18-19-38(63)64)42(67)58-36(23-27-14-16-29(62)17-15-27)43(68)57-35(46(71)72)13-5-7-21-49/h2-3,9,11,14-17,25-26,31,33-37,39,54,61-62H,4-8,10,12-13,18-24,48-50H2,1H3,(H,55,69)(H,56,66)(H,57,68)(H,58,67)(H,59,70)(H,60,65)(H,63,64)(H,71,72)(H4,51,52,53)/t26-,31+,33+,34+,35+,36+,37+,39+/m1/s1. The molecule has 0 saturated heterocycles. The molecule has 25 heteroatoms. The summed E-state index contributed by atoms with van der Waals surface area (Å²) in [6.07, 6.45) is 0.523. The first kappa shape index (κ1) is 59.0. The van der Waals surface area contributed by atoms with E-state index in [2.05, 4.69) is 41.9 Å². The molecular formula is C47H71N13O12. The average molecular weight is 1010 g/mol. The van der Waals surface area contributed by atoms with Gasteiger partial charge >= 0.3 is 11.9 Å². The summed E-state index contributed by atoms with van der Waals surface area (Å²) in [6, 6.07) is 2.65. The highest BCUT2D eigenvalue weighted by molar-refractivity contribution is 5.98. The highest BCUT2D eigenvalue weighted by atomic mass is 16.4. The van der Waals surface area contributed by atoms with Gasteiger partial charge in [0.05, 0.1) is 12.1 Å². The second-order valence-corrected chi connectivity index (χ2v) is 17.4. The van der Waals surface area contributed by atoms with Crippen molar-refractivity contribution in [3.8, 4) is 5.75 Å². The van der Waals surface area contributed by atoms with Gasteiger partial charge in [-0.25, -0.2) is 4.79 Å². The summed E-state index contributed by atoms with van der Waals surface area (Å²) in [7, 11) is 0. The molecule has 0 aliphatic heterocycles. The Labute approximate surface area is 416 Å². The number of unbranched alkanes of at least 4 members (excludes halogenated alkanes) is 2. The Morgan fingerprint density at radius 1 is 0.625 bits per heavy atom. The third-order valence-corrected chi connectivity index (χ3v) is 11.5. The number of aromatic amines is 1. The number of aliphatic hydroxyl groups excluding tert-OH is 1. The number of nitrogens with zero attached hydrogens (tertiary/aromatic N) is 1. The predicted octanol–water partition coefficient (Wildman–Crippen LogP) is -2.46. The second kappa shape index (κ2) is 30.4. The Bertz CT molecular complexity index is 2310. The van der Waals surface area contributed by atoms with E-state index in [4.69, 9.17) is 28.7 Å². The fourth-order valence-electron chi connectivity index (χ4n) is 7.52. The SMILES string of the molecule is C[C@@H](O)[C@H](NC(=O)[C@@H](N)CCCN=C(N)N)C(=O)N[C@@H](Cc1c[nH]c2ccccc12)C(=O)N[C@@H](CCCCN)C(=O)N[C@@H](CCC(=O)O)C(=O)N[C@@H](Cc1ccc(O)cc1)C(=O)N[C@@H](CCCCN)C(=O)O. The van der Waals surface area contributed by atoms with Crippen molar-refractivity contribution in [2.24, 2.45) is 33.7 Å². The van der Waals surface area contributed by atoms with Crippen LogP contribution in [0.2, 0.25) is 0 Å². The van der Waals surface area contributed by atoms with Crippen molar-refractivity contribution in [2.45, 2.75) is 132 Å². The van der Waals surface area contributed by atoms with Gasteiger partial charge < -0.3 is 86.0 Å². The van der Waals surface area contributed by atoms with Crippen LogP contribution in [0, 0.1) is 0 Å². The van der Waals surface area contributed by atoms with Gasteiger partial charge in [0.2, 0.25) is 35.4 Å². The normalized spacial score (nSPS) is 14.5. The fourth-order valence-corrected chi connectivity index (χ4v) is 7.52. The number of carbonyl (C=O) groups is 8. The van der Waals surface area contributed by atoms with Gasteiger partial charge in [0.25, 0.3) is 0 Å². The molecule has 0 radical (unpaired) electrons. The zero-order valence-electron chi connectivity index (χ0n) is 40.3. The molecule has 72 heavy (non-hydrogen) atoms. The minimum Gasteiger partial charge on any atom is -0.508 e. The molecule has 0 aliphatic carbocycles. The molecule has 396 valence electrons. The molecule has 3 aromatic rings. The first-order valence-corrected chi connectivity index (χ1v) is 23.7. The van der Waals surface area contributed by atoms with Crippen LogP contribution >= 0.6 is 0 Å². The van der Waals surface area contributed by atoms with E-state index in [-0.39, 0.29) is 69.9 Å². The van der Waals surface area contributed by atoms with Crippen LogP contribution in [0.1, 0.15) is 82.3 Å². The molecule has 8 atom stereocenters. The number of guanidine groups is 1. The molecule has 25 nitrogen and oxygen atoms in total. The van der Waals surface area contributed by atoms with Crippen LogP contribution in [0.4, 0.5) is 0 Å². The van der Waals surface area contributed by atoms with Gasteiger partial charge in [0.1, 0.15) is 42.0 Å². The summed E-state index contributed by atoms with van der Waals surface area (Å²) in [5.74, 6) is -8.43. The number of nitrogens with two attached hydrogens (primary N) is 5. The summed E-state index contributed by atoms with van der Waals surface area (Å²) in [4.78, 5) is 115. The van der Waals surface area contributed by atoms with E-state index in [9.17, 15) is 58.8 Å². The fraction of sp³-hybridized carbons (Fsp3) is 0.511. The molecule has 1 aromatic heterocycles. The average Bonchev–Trinajstić information content (AvgIpc) is 3.74. The summed E-state index contributed by atoms with van der Waals surface area (Å²) in [6.45, 7) is 1.93. The summed E-state index contributed by atoms with van der Waals surface area (Å²) in [5, 5.41) is 55.9. The Morgan fingerprint density at radius 3 is 1.72 bits per heavy atom. The number of carboxylic acids is 2. The topological polar surface area (TPSA) is 448 Å². The number of phenols is 1. The van der Waals surface area contributed by atoms with E-state index in [0.717, 1.165) is 0 Å². The molecule has 0 bridgehead atoms. The molecule has 0 fully saturated rings. The maximum Gasteiger partial charge on any atom is 0.326 e. The second-order valence-electron chi connectivity index (χ2n) is 17.4. The Kier molecular flexibility index (Phi) is 24.9. The zero-order valence-corrected chi connectivity index (χ0v) is 40.3. The van der Waals surface area contributed by atoms with Crippen molar-refractivity contribution in [3.63, 3.8) is 0 Å². The van der Waals surface area contributed by atoms with E-state index in [1.165, 1.54) is 31.2 Å². The van der Waals surface area contributed by atoms with E-state index >= 15 is 0 Å². The van der Waals surface area contributed by atoms with Crippen molar-refractivity contribution >= 4 is 64.2 Å². The number of rotatable bonds is 33. The number of phenolic OH excluding ortho intramolecular Hbond substituents is 1. The van der Waals surface area contributed by atoms with Gasteiger partial charge in [-0.15, -0.1) is 0 Å². The van der Waals surface area contributed by atoms with Crippen LogP contribution in [-0.4, -0.2) is 147 Å². The van der Waals surface area contributed by atoms with Crippen LogP contribution in [0.3, 0.4) is 0 Å². The summed E-state index contributed by atoms with van der Waals surface area (Å²) < 4.78 is 0. The molecule has 21 N–H and O–H groups in total. The van der Waals surface area contributed by atoms with Gasteiger partial charge in [-0.05, 0) is 107 Å². The van der Waals surface area contributed by atoms with Gasteiger partial charge in [-0.1, -0.05) is 30.3 Å². The third kappa shape index (κ3) is 20.2. The van der Waals surface area contributed by atoms with Gasteiger partial charge in [-0.2, -0.15) is 0 Å². The number of aliphatic hydroxyl groups is 1. The van der Waals surface area contributed by atoms with Crippen molar-refractivity contribution in [1.82, 2.24) is 36.9 Å². The highest BCUT2D eigenvalue weighted by Gasteiger charge is 2.35. The molecule has 1 heterocycles. The number of hydrogen-bond donors (Lipinski definition) is 16. The number of hydrogen-bond acceptors (Lipinski definition) is 14. The Hall–Kier alpha value is -7.35. The van der Waals surface area contributed by atoms with Gasteiger partial charge in [0.15, 0.2) is 5.96 Å². The number of aromatic hydroxyl groups is 1. The lowest BCUT2D eigenvalue weighted by Crippen LogP contribution is -2.61. The van der Waals surface area contributed by atoms with Crippen LogP contribution < -0.4 is 60.6 Å². The molecular weight excluding hydrogens is 939 g/mol. The number of aliphatic imine (C=N–C) groups is 1. The minimum absolute atomic E-state index is 0.0229. The molecule has 0 unspecified atom stereocenters. The number of carbonyl (C=O) groups excluding carboxylic acids is 6. The molecule has 3 rings (SSSR count). The van der Waals surface area contributed by atoms with Crippen LogP contribution in [0.5, 0.6) is 5.75 Å². The number of carboxylic acid groups (broad SMARTS) is 2. The number of benzene rings is 2. The van der Waals surface area contributed by atoms with E-state index < -0.39 is 109 Å². The molecule has 0 saturated carbocycles. The van der Waals surface area contributed by atoms with Gasteiger partial charge in [-0.3, -0.25) is 38.6 Å². The number of para-hydroxylation sites is 1. The first-order chi connectivity index (χ1) is 34.2. The van der Waals surface area contributed by atoms with Crippen molar-refractivity contribution in [1.29, 1.82) is 0 Å². The van der Waals surface area contributed by atoms with Crippen molar-refractivity contribution in [3.05, 3.63) is 65.9 Å². The highest BCUT2D eigenvalue weighted by Crippen LogP contribution is 2.20. The summed E-state index contributed by atoms with van der Waals surface area (Å²) >= 11 is 0.